The van der Waals surface area contributed by atoms with Crippen LogP contribution in [-0.2, 0) is 11.2 Å². The van der Waals surface area contributed by atoms with Gasteiger partial charge in [0, 0.05) is 16.0 Å². The number of hydrogen-bond acceptors (Lipinski definition) is 3. The fraction of sp³-hybridized carbons (Fsp3) is 0.211. The number of halogens is 1. The average molecular weight is 329 g/mol. The Morgan fingerprint density at radius 1 is 1.17 bits per heavy atom. The van der Waals surface area contributed by atoms with E-state index >= 15 is 0 Å². The minimum Gasteiger partial charge on any atom is -0.464 e. The second-order valence-electron chi connectivity index (χ2n) is 5.73. The zero-order chi connectivity index (χ0) is 16.6. The maximum Gasteiger partial charge on any atom is 0.315 e. The van der Waals surface area contributed by atoms with Gasteiger partial charge in [0.2, 0.25) is 0 Å². The maximum atomic E-state index is 12.2. The van der Waals surface area contributed by atoms with Gasteiger partial charge in [0.05, 0.1) is 12.7 Å². The number of fused-ring (bicyclic) bond motifs is 1. The van der Waals surface area contributed by atoms with E-state index in [1.54, 1.807) is 18.4 Å². The second-order valence-corrected chi connectivity index (χ2v) is 6.11. The van der Waals surface area contributed by atoms with Crippen LogP contribution in [-0.4, -0.2) is 5.97 Å². The number of hydrogen-bond donors (Lipinski definition) is 0. The molecular weight excluding hydrogens is 312 g/mol. The topological polar surface area (TPSA) is 39.4 Å². The van der Waals surface area contributed by atoms with E-state index in [4.69, 9.17) is 20.8 Å². The SMILES string of the molecule is Cc1ccc(OC(=O)Cc2coc3cc(C)c(Cl)c(C)c23)cc1. The summed E-state index contributed by atoms with van der Waals surface area (Å²) in [5.74, 6) is 0.214. The molecule has 23 heavy (non-hydrogen) atoms. The normalized spacial score (nSPS) is 11.0. The van der Waals surface area contributed by atoms with Crippen molar-refractivity contribution in [2.24, 2.45) is 0 Å². The molecular formula is C19H17ClO3. The van der Waals surface area contributed by atoms with Crippen LogP contribution in [0.15, 0.2) is 41.0 Å². The molecule has 0 unspecified atom stereocenters. The zero-order valence-corrected chi connectivity index (χ0v) is 14.0. The van der Waals surface area contributed by atoms with Gasteiger partial charge < -0.3 is 9.15 Å². The van der Waals surface area contributed by atoms with E-state index in [1.807, 2.05) is 39.0 Å². The molecule has 3 aromatic rings. The summed E-state index contributed by atoms with van der Waals surface area (Å²) in [5, 5.41) is 1.59. The van der Waals surface area contributed by atoms with Crippen LogP contribution in [0, 0.1) is 20.8 Å². The monoisotopic (exact) mass is 328 g/mol. The molecule has 0 atom stereocenters. The van der Waals surface area contributed by atoms with Crippen molar-refractivity contribution in [1.82, 2.24) is 0 Å². The van der Waals surface area contributed by atoms with Gasteiger partial charge in [0.25, 0.3) is 0 Å². The quantitative estimate of drug-likeness (QED) is 0.492. The lowest BCUT2D eigenvalue weighted by atomic mass is 10.0. The fourth-order valence-electron chi connectivity index (χ4n) is 2.67. The van der Waals surface area contributed by atoms with E-state index < -0.39 is 0 Å². The molecule has 4 heteroatoms. The van der Waals surface area contributed by atoms with E-state index in [-0.39, 0.29) is 12.4 Å². The molecule has 0 N–H and O–H groups in total. The lowest BCUT2D eigenvalue weighted by Gasteiger charge is -2.06. The third-order valence-corrected chi connectivity index (χ3v) is 4.46. The van der Waals surface area contributed by atoms with Crippen LogP contribution in [0.4, 0.5) is 0 Å². The molecule has 0 bridgehead atoms. The number of benzene rings is 2. The summed E-state index contributed by atoms with van der Waals surface area (Å²) >= 11 is 6.31. The fourth-order valence-corrected chi connectivity index (χ4v) is 2.82. The highest BCUT2D eigenvalue weighted by Gasteiger charge is 2.16. The van der Waals surface area contributed by atoms with Crippen LogP contribution in [0.25, 0.3) is 11.0 Å². The van der Waals surface area contributed by atoms with E-state index in [0.29, 0.717) is 10.8 Å². The molecule has 1 aromatic heterocycles. The van der Waals surface area contributed by atoms with Crippen molar-refractivity contribution in [2.75, 3.05) is 0 Å². The number of carbonyl (C=O) groups is 1. The van der Waals surface area contributed by atoms with Gasteiger partial charge >= 0.3 is 5.97 Å². The summed E-state index contributed by atoms with van der Waals surface area (Å²) in [7, 11) is 0. The molecule has 0 saturated carbocycles. The molecule has 3 nitrogen and oxygen atoms in total. The number of rotatable bonds is 3. The lowest BCUT2D eigenvalue weighted by molar-refractivity contribution is -0.133. The highest BCUT2D eigenvalue weighted by Crippen LogP contribution is 2.32. The summed E-state index contributed by atoms with van der Waals surface area (Å²) in [6.07, 6.45) is 1.74. The molecule has 118 valence electrons. The molecule has 2 aromatic carbocycles. The van der Waals surface area contributed by atoms with Gasteiger partial charge in [-0.2, -0.15) is 0 Å². The summed E-state index contributed by atoms with van der Waals surface area (Å²) in [5.41, 5.74) is 4.53. The Bertz CT molecular complexity index is 876. The molecule has 3 rings (SSSR count). The first-order valence-electron chi connectivity index (χ1n) is 7.39. The van der Waals surface area contributed by atoms with Gasteiger partial charge in [-0.25, -0.2) is 0 Å². The van der Waals surface area contributed by atoms with Crippen LogP contribution in [0.1, 0.15) is 22.3 Å². The standard InChI is InChI=1S/C19H17ClO3/c1-11-4-6-15(7-5-11)23-17(21)9-14-10-22-16-8-12(2)19(20)13(3)18(14)16/h4-8,10H,9H2,1-3H3. The molecule has 0 aliphatic rings. The maximum absolute atomic E-state index is 12.2. The first-order valence-corrected chi connectivity index (χ1v) is 7.76. The summed E-state index contributed by atoms with van der Waals surface area (Å²) in [6, 6.07) is 9.27. The van der Waals surface area contributed by atoms with Gasteiger partial charge in [-0.15, -0.1) is 0 Å². The zero-order valence-electron chi connectivity index (χ0n) is 13.3. The van der Waals surface area contributed by atoms with Crippen molar-refractivity contribution < 1.29 is 13.9 Å². The van der Waals surface area contributed by atoms with Crippen LogP contribution in [0.2, 0.25) is 5.02 Å². The summed E-state index contributed by atoms with van der Waals surface area (Å²) in [6.45, 7) is 5.85. The Morgan fingerprint density at radius 3 is 2.57 bits per heavy atom. The van der Waals surface area contributed by atoms with E-state index in [2.05, 4.69) is 0 Å². The Hall–Kier alpha value is -2.26. The average Bonchev–Trinajstić information content (AvgIpc) is 2.90. The highest BCUT2D eigenvalue weighted by atomic mass is 35.5. The molecule has 0 saturated heterocycles. The van der Waals surface area contributed by atoms with Crippen molar-refractivity contribution in [3.05, 3.63) is 63.9 Å². The van der Waals surface area contributed by atoms with Crippen LogP contribution < -0.4 is 4.74 Å². The largest absolute Gasteiger partial charge is 0.464 e. The lowest BCUT2D eigenvalue weighted by Crippen LogP contribution is -2.11. The van der Waals surface area contributed by atoms with Gasteiger partial charge in [-0.3, -0.25) is 4.79 Å². The number of esters is 1. The Kier molecular flexibility index (Phi) is 4.14. The molecule has 0 amide bonds. The van der Waals surface area contributed by atoms with E-state index in [1.165, 1.54) is 0 Å². The number of aryl methyl sites for hydroxylation is 3. The Labute approximate surface area is 139 Å². The van der Waals surface area contributed by atoms with E-state index in [0.717, 1.165) is 33.2 Å². The summed E-state index contributed by atoms with van der Waals surface area (Å²) in [4.78, 5) is 12.2. The number of ether oxygens (including phenoxy) is 1. The second kappa shape index (κ2) is 6.09. The molecule has 0 aliphatic carbocycles. The number of furan rings is 1. The molecule has 0 aliphatic heterocycles. The van der Waals surface area contributed by atoms with Crippen LogP contribution >= 0.6 is 11.6 Å². The van der Waals surface area contributed by atoms with Gasteiger partial charge in [0.1, 0.15) is 11.3 Å². The van der Waals surface area contributed by atoms with Crippen molar-refractivity contribution in [3.63, 3.8) is 0 Å². The van der Waals surface area contributed by atoms with Crippen molar-refractivity contribution in [1.29, 1.82) is 0 Å². The first kappa shape index (κ1) is 15.6. The highest BCUT2D eigenvalue weighted by molar-refractivity contribution is 6.33. The molecule has 0 radical (unpaired) electrons. The predicted molar refractivity (Wildman–Crippen MR) is 91.2 cm³/mol. The van der Waals surface area contributed by atoms with Crippen LogP contribution in [0.5, 0.6) is 5.75 Å². The molecule has 0 fully saturated rings. The van der Waals surface area contributed by atoms with Crippen molar-refractivity contribution in [2.45, 2.75) is 27.2 Å². The van der Waals surface area contributed by atoms with Gasteiger partial charge in [-0.1, -0.05) is 29.3 Å². The molecule has 0 spiro atoms. The van der Waals surface area contributed by atoms with E-state index in [9.17, 15) is 4.79 Å². The van der Waals surface area contributed by atoms with Crippen molar-refractivity contribution >= 4 is 28.5 Å². The minimum absolute atomic E-state index is 0.140. The van der Waals surface area contributed by atoms with Gasteiger partial charge in [-0.05, 0) is 50.1 Å². The van der Waals surface area contributed by atoms with Crippen molar-refractivity contribution in [3.8, 4) is 5.75 Å². The molecule has 1 heterocycles. The predicted octanol–water partition coefficient (Wildman–Crippen LogP) is 5.16. The Morgan fingerprint density at radius 2 is 1.87 bits per heavy atom. The smallest absolute Gasteiger partial charge is 0.315 e. The van der Waals surface area contributed by atoms with Gasteiger partial charge in [0.15, 0.2) is 0 Å². The Balaban J connectivity index is 1.85. The minimum atomic E-state index is -0.326. The first-order chi connectivity index (χ1) is 11.0. The summed E-state index contributed by atoms with van der Waals surface area (Å²) < 4.78 is 10.9. The third-order valence-electron chi connectivity index (χ3n) is 3.88. The number of carbonyl (C=O) groups excluding carboxylic acids is 1. The van der Waals surface area contributed by atoms with Crippen LogP contribution in [0.3, 0.4) is 0 Å². The third kappa shape index (κ3) is 3.10.